The Morgan fingerprint density at radius 2 is 2.38 bits per heavy atom. The zero-order valence-corrected chi connectivity index (χ0v) is 7.24. The molecule has 0 unspecified atom stereocenters. The van der Waals surface area contributed by atoms with Crippen LogP contribution in [0.25, 0.3) is 6.08 Å². The quantitative estimate of drug-likeness (QED) is 0.673. The second-order valence-electron chi connectivity index (χ2n) is 2.36. The molecule has 1 heterocycles. The van der Waals surface area contributed by atoms with Crippen LogP contribution < -0.4 is 5.56 Å². The molecule has 13 heavy (non-hydrogen) atoms. The third kappa shape index (κ3) is 1.66. The van der Waals surface area contributed by atoms with E-state index in [9.17, 15) is 9.90 Å². The average molecular weight is 178 g/mol. The molecule has 0 bridgehead atoms. The van der Waals surface area contributed by atoms with E-state index in [1.54, 1.807) is 6.92 Å². The van der Waals surface area contributed by atoms with Crippen molar-refractivity contribution in [2.45, 2.75) is 6.92 Å². The van der Waals surface area contributed by atoms with Gasteiger partial charge in [-0.3, -0.25) is 9.79 Å². The van der Waals surface area contributed by atoms with Gasteiger partial charge >= 0.3 is 0 Å². The number of hydrogen-bond acceptors (Lipinski definition) is 3. The fraction of sp³-hybridized carbons (Fsp3) is 0.111. The molecule has 0 saturated carbocycles. The van der Waals surface area contributed by atoms with Gasteiger partial charge in [0.05, 0.1) is 5.56 Å². The summed E-state index contributed by atoms with van der Waals surface area (Å²) in [5.41, 5.74) is 0.216. The molecule has 0 aromatic carbocycles. The van der Waals surface area contributed by atoms with Gasteiger partial charge in [-0.2, -0.15) is 0 Å². The van der Waals surface area contributed by atoms with Gasteiger partial charge in [-0.25, -0.2) is 0 Å². The number of hydrogen-bond donors (Lipinski definition) is 2. The lowest BCUT2D eigenvalue weighted by molar-refractivity contribution is 0.474. The minimum absolute atomic E-state index is 0.0624. The molecule has 0 aliphatic heterocycles. The minimum atomic E-state index is -0.312. The first kappa shape index (κ1) is 9.25. The third-order valence-electron chi connectivity index (χ3n) is 1.54. The van der Waals surface area contributed by atoms with Crippen LogP contribution in [0.15, 0.2) is 22.6 Å². The monoisotopic (exact) mass is 178 g/mol. The summed E-state index contributed by atoms with van der Waals surface area (Å²) in [6.45, 7) is 5.17. The van der Waals surface area contributed by atoms with E-state index < -0.39 is 0 Å². The van der Waals surface area contributed by atoms with Crippen LogP contribution in [0, 0.1) is 0 Å². The third-order valence-corrected chi connectivity index (χ3v) is 1.54. The van der Waals surface area contributed by atoms with E-state index in [0.29, 0.717) is 0 Å². The highest BCUT2D eigenvalue weighted by molar-refractivity contribution is 5.72. The first-order valence-corrected chi connectivity index (χ1v) is 3.76. The smallest absolute Gasteiger partial charge is 0.257 e. The van der Waals surface area contributed by atoms with E-state index in [4.69, 9.17) is 0 Å². The van der Waals surface area contributed by atoms with Gasteiger partial charge in [0.15, 0.2) is 5.75 Å². The molecule has 0 aliphatic rings. The Morgan fingerprint density at radius 1 is 1.69 bits per heavy atom. The molecule has 0 fully saturated rings. The summed E-state index contributed by atoms with van der Waals surface area (Å²) in [6.07, 6.45) is 4.07. The van der Waals surface area contributed by atoms with Crippen molar-refractivity contribution in [2.24, 2.45) is 4.99 Å². The Bertz CT molecular complexity index is 405. The lowest BCUT2D eigenvalue weighted by atomic mass is 10.2. The molecule has 2 N–H and O–H groups in total. The van der Waals surface area contributed by atoms with Crippen molar-refractivity contribution in [1.29, 1.82) is 0 Å². The van der Waals surface area contributed by atoms with Gasteiger partial charge in [-0.1, -0.05) is 12.7 Å². The van der Waals surface area contributed by atoms with Gasteiger partial charge < -0.3 is 10.1 Å². The Kier molecular flexibility index (Phi) is 2.64. The van der Waals surface area contributed by atoms with E-state index in [2.05, 4.69) is 16.6 Å². The molecule has 4 heteroatoms. The molecule has 1 rings (SSSR count). The van der Waals surface area contributed by atoms with Gasteiger partial charge in [-0.05, 0) is 6.92 Å². The van der Waals surface area contributed by atoms with E-state index in [1.165, 1.54) is 18.5 Å². The molecular weight excluding hydrogens is 168 g/mol. The molecule has 0 saturated heterocycles. The van der Waals surface area contributed by atoms with Crippen molar-refractivity contribution in [3.8, 4) is 5.75 Å². The molecule has 4 nitrogen and oxygen atoms in total. The maximum Gasteiger partial charge on any atom is 0.257 e. The summed E-state index contributed by atoms with van der Waals surface area (Å²) >= 11 is 0. The maximum absolute atomic E-state index is 11.2. The molecule has 0 amide bonds. The molecule has 0 atom stereocenters. The van der Waals surface area contributed by atoms with Crippen molar-refractivity contribution in [3.63, 3.8) is 0 Å². The van der Waals surface area contributed by atoms with E-state index >= 15 is 0 Å². The highest BCUT2D eigenvalue weighted by Gasteiger charge is 2.06. The summed E-state index contributed by atoms with van der Waals surface area (Å²) in [5, 5.41) is 9.35. The SMILES string of the molecule is C=Cc1c(N=CC)c(O)c[nH]c1=O. The summed E-state index contributed by atoms with van der Waals surface area (Å²) in [7, 11) is 0. The average Bonchev–Trinajstić information content (AvgIpc) is 2.12. The summed E-state index contributed by atoms with van der Waals surface area (Å²) in [6, 6.07) is 0. The fourth-order valence-corrected chi connectivity index (χ4v) is 0.980. The number of pyridine rings is 1. The lowest BCUT2D eigenvalue weighted by Gasteiger charge is -2.00. The normalized spacial score (nSPS) is 10.5. The van der Waals surface area contributed by atoms with Gasteiger partial charge in [-0.15, -0.1) is 0 Å². The Labute approximate surface area is 75.3 Å². The minimum Gasteiger partial charge on any atom is -0.504 e. The summed E-state index contributed by atoms with van der Waals surface area (Å²) in [4.78, 5) is 17.4. The number of aromatic nitrogens is 1. The standard InChI is InChI=1S/C9H10N2O2/c1-3-6-8(10-4-2)7(12)5-11-9(6)13/h3-5,12H,1H2,2H3,(H,11,13). The van der Waals surface area contributed by atoms with Crippen LogP contribution in [-0.2, 0) is 0 Å². The molecule has 68 valence electrons. The molecular formula is C9H10N2O2. The number of aromatic hydroxyl groups is 1. The lowest BCUT2D eigenvalue weighted by Crippen LogP contribution is -2.07. The van der Waals surface area contributed by atoms with Crippen LogP contribution in [-0.4, -0.2) is 16.3 Å². The van der Waals surface area contributed by atoms with E-state index in [-0.39, 0.29) is 22.6 Å². The van der Waals surface area contributed by atoms with Crippen molar-refractivity contribution in [1.82, 2.24) is 4.98 Å². The second-order valence-corrected chi connectivity index (χ2v) is 2.36. The Morgan fingerprint density at radius 3 is 2.92 bits per heavy atom. The number of nitrogens with zero attached hydrogens (tertiary/aromatic N) is 1. The Hall–Kier alpha value is -1.84. The largest absolute Gasteiger partial charge is 0.504 e. The molecule has 0 aliphatic carbocycles. The molecule has 1 aromatic heterocycles. The fourth-order valence-electron chi connectivity index (χ4n) is 0.980. The van der Waals surface area contributed by atoms with Crippen LogP contribution in [0.5, 0.6) is 5.75 Å². The molecule has 0 spiro atoms. The summed E-state index contributed by atoms with van der Waals surface area (Å²) < 4.78 is 0. The highest BCUT2D eigenvalue weighted by Crippen LogP contribution is 2.27. The second kappa shape index (κ2) is 3.71. The highest BCUT2D eigenvalue weighted by atomic mass is 16.3. The van der Waals surface area contributed by atoms with Gasteiger partial charge in [0.1, 0.15) is 5.69 Å². The first-order valence-electron chi connectivity index (χ1n) is 3.76. The van der Waals surface area contributed by atoms with Gasteiger partial charge in [0, 0.05) is 12.4 Å². The molecule has 1 aromatic rings. The predicted molar refractivity (Wildman–Crippen MR) is 52.6 cm³/mol. The first-order chi connectivity index (χ1) is 6.20. The van der Waals surface area contributed by atoms with Crippen molar-refractivity contribution < 1.29 is 5.11 Å². The van der Waals surface area contributed by atoms with Gasteiger partial charge in [0.2, 0.25) is 0 Å². The van der Waals surface area contributed by atoms with E-state index in [1.807, 2.05) is 0 Å². The van der Waals surface area contributed by atoms with Gasteiger partial charge in [0.25, 0.3) is 5.56 Å². The number of rotatable bonds is 2. The molecule has 0 radical (unpaired) electrons. The number of nitrogens with one attached hydrogen (secondary N) is 1. The summed E-state index contributed by atoms with van der Waals surface area (Å²) in [5.74, 6) is -0.0624. The van der Waals surface area contributed by atoms with Crippen molar-refractivity contribution >= 4 is 18.0 Å². The van der Waals surface area contributed by atoms with Crippen LogP contribution in [0.1, 0.15) is 12.5 Å². The van der Waals surface area contributed by atoms with Crippen LogP contribution in [0.4, 0.5) is 5.69 Å². The van der Waals surface area contributed by atoms with Crippen LogP contribution in [0.2, 0.25) is 0 Å². The number of aromatic amines is 1. The number of aliphatic imine (C=N–C) groups is 1. The zero-order valence-electron chi connectivity index (χ0n) is 7.24. The van der Waals surface area contributed by atoms with Crippen molar-refractivity contribution in [3.05, 3.63) is 28.7 Å². The Balaban J connectivity index is 3.52. The predicted octanol–water partition coefficient (Wildman–Crippen LogP) is 1.45. The van der Waals surface area contributed by atoms with E-state index in [0.717, 1.165) is 0 Å². The van der Waals surface area contributed by atoms with Crippen LogP contribution >= 0.6 is 0 Å². The zero-order chi connectivity index (χ0) is 9.84. The van der Waals surface area contributed by atoms with Crippen LogP contribution in [0.3, 0.4) is 0 Å². The number of H-pyrrole nitrogens is 1. The maximum atomic E-state index is 11.2. The topological polar surface area (TPSA) is 65.5 Å². The van der Waals surface area contributed by atoms with Crippen molar-refractivity contribution in [2.75, 3.05) is 0 Å².